The molecule has 2 unspecified atom stereocenters. The van der Waals surface area contributed by atoms with Crippen molar-refractivity contribution in [2.75, 3.05) is 67.6 Å². The van der Waals surface area contributed by atoms with Gasteiger partial charge in [0, 0.05) is 26.5 Å². The maximum absolute atomic E-state index is 12.9. The van der Waals surface area contributed by atoms with E-state index in [0.717, 1.165) is 57.8 Å². The predicted molar refractivity (Wildman–Crippen MR) is 241 cm³/mol. The van der Waals surface area contributed by atoms with Crippen LogP contribution in [0.25, 0.3) is 0 Å². The van der Waals surface area contributed by atoms with Crippen LogP contribution in [0.1, 0.15) is 194 Å². The van der Waals surface area contributed by atoms with Crippen molar-refractivity contribution in [1.82, 2.24) is 4.90 Å². The molecule has 0 radical (unpaired) electrons. The summed E-state index contributed by atoms with van der Waals surface area (Å²) in [5, 5.41) is 0. The van der Waals surface area contributed by atoms with Gasteiger partial charge in [-0.1, -0.05) is 141 Å². The quantitative estimate of drug-likeness (QED) is 0.0193. The van der Waals surface area contributed by atoms with Crippen LogP contribution in [0.2, 0.25) is 0 Å². The summed E-state index contributed by atoms with van der Waals surface area (Å²) in [4.78, 5) is 27.6. The summed E-state index contributed by atoms with van der Waals surface area (Å²) in [5.74, 6) is -0.607. The van der Waals surface area contributed by atoms with Gasteiger partial charge in [0.2, 0.25) is 0 Å². The average Bonchev–Trinajstić information content (AvgIpc) is 3.21. The van der Waals surface area contributed by atoms with Crippen LogP contribution in [0.3, 0.4) is 0 Å². The number of ether oxygens (including phenoxy) is 4. The van der Waals surface area contributed by atoms with Crippen molar-refractivity contribution in [3.05, 3.63) is 24.3 Å². The van der Waals surface area contributed by atoms with E-state index in [0.29, 0.717) is 39.2 Å². The second-order valence-corrected chi connectivity index (χ2v) is 17.0. The number of hydrogen-bond acceptors (Lipinski definition) is 10. The zero-order valence-corrected chi connectivity index (χ0v) is 39.1. The minimum absolute atomic E-state index is 0.0233. The number of carbonyl (C=O) groups is 2. The molecular weight excluding hydrogens is 753 g/mol. The van der Waals surface area contributed by atoms with Crippen molar-refractivity contribution < 1.29 is 42.1 Å². The highest BCUT2D eigenvalue weighted by molar-refractivity contribution is 7.41. The van der Waals surface area contributed by atoms with E-state index in [-0.39, 0.29) is 31.9 Å². The van der Waals surface area contributed by atoms with Crippen molar-refractivity contribution in [2.24, 2.45) is 0 Å². The summed E-state index contributed by atoms with van der Waals surface area (Å²) < 4.78 is 39.4. The number of allylic oxidation sites excluding steroid dienone is 4. The molecule has 58 heavy (non-hydrogen) atoms. The molecule has 0 fully saturated rings. The van der Waals surface area contributed by atoms with Gasteiger partial charge in [-0.25, -0.2) is 0 Å². The Morgan fingerprint density at radius 3 is 1.48 bits per heavy atom. The molecule has 0 aromatic carbocycles. The Bertz CT molecular complexity index is 936. The molecule has 0 bridgehead atoms. The van der Waals surface area contributed by atoms with E-state index < -0.39 is 14.7 Å². The third kappa shape index (κ3) is 44.2. The third-order valence-electron chi connectivity index (χ3n) is 9.79. The molecule has 0 N–H and O–H groups in total. The van der Waals surface area contributed by atoms with Gasteiger partial charge in [0.25, 0.3) is 0 Å². The first-order chi connectivity index (χ1) is 28.4. The van der Waals surface area contributed by atoms with E-state index in [1.807, 2.05) is 19.0 Å². The molecule has 0 aliphatic heterocycles. The van der Waals surface area contributed by atoms with E-state index in [1.165, 1.54) is 109 Å². The molecule has 0 aromatic rings. The average molecular weight is 844 g/mol. The van der Waals surface area contributed by atoms with Crippen molar-refractivity contribution in [2.45, 2.75) is 200 Å². The van der Waals surface area contributed by atoms with Gasteiger partial charge in [-0.05, 0) is 78.3 Å². The SMILES string of the molecule is CCCCCCCC/C=C\CCCCCCCC(=O)OCC(COP(OCCN(C)C)OCOCCOC)OC(=O)CCCCCCC/C=C\CCCCCCCC. The topological polar surface area (TPSA) is 102 Å². The summed E-state index contributed by atoms with van der Waals surface area (Å²) in [6.45, 7) is 6.28. The highest BCUT2D eigenvalue weighted by Gasteiger charge is 2.22. The summed E-state index contributed by atoms with van der Waals surface area (Å²) in [6, 6.07) is 0. The fourth-order valence-electron chi connectivity index (χ4n) is 6.13. The van der Waals surface area contributed by atoms with E-state index in [4.69, 9.17) is 32.5 Å². The Morgan fingerprint density at radius 1 is 0.534 bits per heavy atom. The summed E-state index contributed by atoms with van der Waals surface area (Å²) in [6.07, 6.45) is 40.4. The maximum Gasteiger partial charge on any atom is 0.335 e. The van der Waals surface area contributed by atoms with Crippen molar-refractivity contribution in [3.8, 4) is 0 Å². The van der Waals surface area contributed by atoms with Gasteiger partial charge >= 0.3 is 20.5 Å². The number of carbonyl (C=O) groups excluding carboxylic acids is 2. The van der Waals surface area contributed by atoms with Crippen LogP contribution in [0.4, 0.5) is 0 Å². The molecule has 0 aliphatic rings. The fourth-order valence-corrected chi connectivity index (χ4v) is 7.04. The molecule has 0 rings (SSSR count). The zero-order valence-electron chi connectivity index (χ0n) is 38.2. The maximum atomic E-state index is 12.9. The van der Waals surface area contributed by atoms with Crippen LogP contribution in [-0.4, -0.2) is 90.5 Å². The van der Waals surface area contributed by atoms with Gasteiger partial charge in [-0.3, -0.25) is 14.1 Å². The second kappa shape index (κ2) is 46.7. The number of rotatable bonds is 46. The van der Waals surface area contributed by atoms with Crippen molar-refractivity contribution in [1.29, 1.82) is 0 Å². The Kier molecular flexibility index (Phi) is 45.6. The van der Waals surface area contributed by atoms with Crippen LogP contribution in [0, 0.1) is 0 Å². The first-order valence-corrected chi connectivity index (χ1v) is 24.6. The van der Waals surface area contributed by atoms with Gasteiger partial charge in [-0.15, -0.1) is 0 Å². The van der Waals surface area contributed by atoms with E-state index in [2.05, 4.69) is 38.2 Å². The molecular formula is C47H90NO9P. The first kappa shape index (κ1) is 56.6. The minimum atomic E-state index is -1.78. The van der Waals surface area contributed by atoms with Crippen LogP contribution < -0.4 is 0 Å². The molecule has 11 heteroatoms. The molecule has 0 amide bonds. The number of esters is 2. The number of hydrogen-bond donors (Lipinski definition) is 0. The smallest absolute Gasteiger partial charge is 0.335 e. The lowest BCUT2D eigenvalue weighted by Crippen LogP contribution is -2.29. The molecule has 0 aromatic heterocycles. The lowest BCUT2D eigenvalue weighted by atomic mass is 10.1. The lowest BCUT2D eigenvalue weighted by Gasteiger charge is -2.22. The van der Waals surface area contributed by atoms with Gasteiger partial charge in [0.15, 0.2) is 12.9 Å². The van der Waals surface area contributed by atoms with E-state index in [1.54, 1.807) is 7.11 Å². The van der Waals surface area contributed by atoms with Crippen molar-refractivity contribution in [3.63, 3.8) is 0 Å². The van der Waals surface area contributed by atoms with Crippen molar-refractivity contribution >= 4 is 20.5 Å². The Labute approximate surface area is 358 Å². The highest BCUT2D eigenvalue weighted by Crippen LogP contribution is 2.39. The summed E-state index contributed by atoms with van der Waals surface area (Å²) in [5.41, 5.74) is 0. The standard InChI is InChI=1S/C47H90NO9P/c1-6-8-10-12-14-16-18-20-22-24-26-28-30-32-34-36-46(49)53-42-45(43-55-58(54-39-38-48(3)4)56-44-52-41-40-51-5)57-47(50)37-35-33-31-29-27-25-23-21-19-17-15-13-11-9-7-2/h20-23,45H,6-19,24-44H2,1-5H3/b22-20-,23-21-. The summed E-state index contributed by atoms with van der Waals surface area (Å²) >= 11 is 0. The Balaban J connectivity index is 4.62. The van der Waals surface area contributed by atoms with Crippen LogP contribution in [0.15, 0.2) is 24.3 Å². The molecule has 342 valence electrons. The molecule has 0 heterocycles. The first-order valence-electron chi connectivity index (χ1n) is 23.5. The number of methoxy groups -OCH3 is 1. The van der Waals surface area contributed by atoms with Crippen LogP contribution in [-0.2, 0) is 42.1 Å². The highest BCUT2D eigenvalue weighted by atomic mass is 31.2. The van der Waals surface area contributed by atoms with Crippen LogP contribution in [0.5, 0.6) is 0 Å². The third-order valence-corrected chi connectivity index (χ3v) is 10.9. The molecule has 2 atom stereocenters. The normalized spacial score (nSPS) is 12.9. The largest absolute Gasteiger partial charge is 0.462 e. The molecule has 10 nitrogen and oxygen atoms in total. The molecule has 0 aliphatic carbocycles. The fraction of sp³-hybridized carbons (Fsp3) is 0.872. The van der Waals surface area contributed by atoms with Gasteiger partial charge in [0.05, 0.1) is 26.4 Å². The summed E-state index contributed by atoms with van der Waals surface area (Å²) in [7, 11) is 3.74. The van der Waals surface area contributed by atoms with E-state index in [9.17, 15) is 9.59 Å². The monoisotopic (exact) mass is 844 g/mol. The lowest BCUT2D eigenvalue weighted by molar-refractivity contribution is -0.161. The van der Waals surface area contributed by atoms with Gasteiger partial charge in [-0.2, -0.15) is 0 Å². The van der Waals surface area contributed by atoms with Gasteiger partial charge < -0.3 is 32.9 Å². The molecule has 0 spiro atoms. The number of unbranched alkanes of at least 4 members (excludes halogenated alkanes) is 22. The Morgan fingerprint density at radius 2 is 1.00 bits per heavy atom. The predicted octanol–water partition coefficient (Wildman–Crippen LogP) is 13.0. The minimum Gasteiger partial charge on any atom is -0.462 e. The van der Waals surface area contributed by atoms with Gasteiger partial charge in [0.1, 0.15) is 6.61 Å². The van der Waals surface area contributed by atoms with Crippen LogP contribution >= 0.6 is 8.60 Å². The zero-order chi connectivity index (χ0) is 42.4. The second-order valence-electron chi connectivity index (χ2n) is 15.8. The molecule has 0 saturated heterocycles. The van der Waals surface area contributed by atoms with E-state index >= 15 is 0 Å². The number of nitrogens with zero attached hydrogens (tertiary/aromatic N) is 1. The Hall–Kier alpha value is -1.39. The number of likely N-dealkylation sites (N-methyl/N-ethyl adjacent to an activating group) is 1. The molecule has 0 saturated carbocycles.